The zero-order valence-electron chi connectivity index (χ0n) is 20.0. The fourth-order valence-electron chi connectivity index (χ4n) is 5.50. The van der Waals surface area contributed by atoms with Crippen LogP contribution < -0.4 is 5.32 Å². The number of thioether (sulfide) groups is 1. The highest BCUT2D eigenvalue weighted by molar-refractivity contribution is 8.05. The first-order valence-electron chi connectivity index (χ1n) is 12.3. The molecule has 0 bridgehead atoms. The minimum absolute atomic E-state index is 0.103. The van der Waals surface area contributed by atoms with Crippen LogP contribution in [0.5, 0.6) is 0 Å². The van der Waals surface area contributed by atoms with Crippen LogP contribution in [0.25, 0.3) is 17.0 Å². The summed E-state index contributed by atoms with van der Waals surface area (Å²) in [7, 11) is 0. The van der Waals surface area contributed by atoms with Crippen LogP contribution in [0.2, 0.25) is 0 Å². The standard InChI is InChI=1S/C29H33N3OS/c1-4-18-31-21(3)24(23-15-9-11-17-26(23)31)19-27-28(33)32(25-16-10-8-12-20(25)2)29(34-27)30-22-13-6-5-7-14-22/h4-7,9,11,13-15,17,19-20,25,29-30H,1,8,10,12,16,18H2,2-3H3/b27-19-/t20-,25+,29?/m1/s1. The summed E-state index contributed by atoms with van der Waals surface area (Å²) in [6.07, 6.45) is 8.76. The second-order valence-electron chi connectivity index (χ2n) is 9.45. The molecule has 1 aliphatic heterocycles. The van der Waals surface area contributed by atoms with Gasteiger partial charge in [-0.15, -0.1) is 6.58 Å². The molecule has 2 aliphatic rings. The van der Waals surface area contributed by atoms with Gasteiger partial charge in [-0.25, -0.2) is 0 Å². The van der Waals surface area contributed by atoms with Crippen molar-refractivity contribution in [1.29, 1.82) is 0 Å². The summed E-state index contributed by atoms with van der Waals surface area (Å²) in [5.41, 5.74) is 4.41. The molecule has 2 heterocycles. The van der Waals surface area contributed by atoms with Gasteiger partial charge in [0.2, 0.25) is 0 Å². The van der Waals surface area contributed by atoms with E-state index in [1.807, 2.05) is 24.3 Å². The first kappa shape index (κ1) is 22.9. The van der Waals surface area contributed by atoms with Gasteiger partial charge in [0.05, 0.1) is 4.91 Å². The number of amides is 1. The molecule has 0 radical (unpaired) electrons. The highest BCUT2D eigenvalue weighted by Crippen LogP contribution is 2.43. The van der Waals surface area contributed by atoms with Crippen molar-refractivity contribution in [3.05, 3.63) is 83.4 Å². The number of rotatable bonds is 6. The van der Waals surface area contributed by atoms with E-state index in [0.717, 1.165) is 29.1 Å². The second-order valence-corrected chi connectivity index (χ2v) is 10.6. The van der Waals surface area contributed by atoms with Crippen LogP contribution in [-0.2, 0) is 11.3 Å². The number of carbonyl (C=O) groups is 1. The molecule has 5 rings (SSSR count). The van der Waals surface area contributed by atoms with Crippen molar-refractivity contribution in [3.63, 3.8) is 0 Å². The van der Waals surface area contributed by atoms with Gasteiger partial charge < -0.3 is 14.8 Å². The molecule has 0 spiro atoms. The SMILES string of the molecule is C=CCn1c(C)c(/C=C2\SC(Nc3ccccc3)N([C@H]3CCCC[C@H]3C)C2=O)c2ccccc21. The lowest BCUT2D eigenvalue weighted by atomic mass is 9.85. The minimum atomic E-state index is -0.103. The van der Waals surface area contributed by atoms with Gasteiger partial charge in [0, 0.05) is 40.4 Å². The zero-order valence-corrected chi connectivity index (χ0v) is 20.9. The highest BCUT2D eigenvalue weighted by Gasteiger charge is 2.43. The van der Waals surface area contributed by atoms with Crippen LogP contribution >= 0.6 is 11.8 Å². The molecule has 2 fully saturated rings. The van der Waals surface area contributed by atoms with Crippen LogP contribution in [0.4, 0.5) is 5.69 Å². The first-order chi connectivity index (χ1) is 16.6. The van der Waals surface area contributed by atoms with Gasteiger partial charge in [-0.2, -0.15) is 0 Å². The van der Waals surface area contributed by atoms with Gasteiger partial charge >= 0.3 is 0 Å². The highest BCUT2D eigenvalue weighted by atomic mass is 32.2. The number of aromatic nitrogens is 1. The van der Waals surface area contributed by atoms with E-state index in [-0.39, 0.29) is 17.4 Å². The lowest BCUT2D eigenvalue weighted by Crippen LogP contribution is -2.48. The van der Waals surface area contributed by atoms with Crippen LogP contribution in [0.3, 0.4) is 0 Å². The van der Waals surface area contributed by atoms with E-state index in [2.05, 4.69) is 77.7 Å². The van der Waals surface area contributed by atoms with E-state index >= 15 is 0 Å². The number of fused-ring (bicyclic) bond motifs is 1. The molecule has 1 aliphatic carbocycles. The number of carbonyl (C=O) groups excluding carboxylic acids is 1. The van der Waals surface area contributed by atoms with Crippen molar-refractivity contribution >= 4 is 40.3 Å². The normalized spacial score (nSPS) is 24.2. The summed E-state index contributed by atoms with van der Waals surface area (Å²) in [4.78, 5) is 16.9. The molecule has 1 N–H and O–H groups in total. The molecule has 2 aromatic carbocycles. The van der Waals surface area contributed by atoms with Gasteiger partial charge in [-0.1, -0.05) is 74.0 Å². The number of nitrogens with zero attached hydrogens (tertiary/aromatic N) is 2. The van der Waals surface area contributed by atoms with Crippen molar-refractivity contribution < 1.29 is 4.79 Å². The average molecular weight is 472 g/mol. The van der Waals surface area contributed by atoms with Crippen LogP contribution in [0.1, 0.15) is 43.9 Å². The van der Waals surface area contributed by atoms with Crippen molar-refractivity contribution in [3.8, 4) is 0 Å². The van der Waals surface area contributed by atoms with E-state index < -0.39 is 0 Å². The number of nitrogens with one attached hydrogen (secondary N) is 1. The molecule has 34 heavy (non-hydrogen) atoms. The van der Waals surface area contributed by atoms with E-state index in [9.17, 15) is 4.79 Å². The van der Waals surface area contributed by atoms with Gasteiger partial charge in [-0.3, -0.25) is 4.79 Å². The van der Waals surface area contributed by atoms with Crippen LogP contribution in [-0.4, -0.2) is 26.9 Å². The van der Waals surface area contributed by atoms with Crippen molar-refractivity contribution in [2.24, 2.45) is 5.92 Å². The Balaban J connectivity index is 1.55. The molecule has 1 unspecified atom stereocenters. The van der Waals surface area contributed by atoms with Crippen molar-refractivity contribution in [1.82, 2.24) is 9.47 Å². The van der Waals surface area contributed by atoms with E-state index in [0.29, 0.717) is 5.92 Å². The molecular weight excluding hydrogens is 438 g/mol. The predicted molar refractivity (Wildman–Crippen MR) is 145 cm³/mol. The number of anilines is 1. The van der Waals surface area contributed by atoms with Gasteiger partial charge in [0.1, 0.15) is 0 Å². The smallest absolute Gasteiger partial charge is 0.262 e. The number of allylic oxidation sites excluding steroid dienone is 1. The third-order valence-corrected chi connectivity index (χ3v) is 8.41. The minimum Gasteiger partial charge on any atom is -0.356 e. The van der Waals surface area contributed by atoms with E-state index in [1.54, 1.807) is 11.8 Å². The van der Waals surface area contributed by atoms with E-state index in [4.69, 9.17) is 0 Å². The molecular formula is C29H33N3OS. The Morgan fingerprint density at radius 2 is 1.82 bits per heavy atom. The first-order valence-corrected chi connectivity index (χ1v) is 13.2. The Hall–Kier alpha value is -2.92. The summed E-state index contributed by atoms with van der Waals surface area (Å²) in [6.45, 7) is 9.13. The maximum absolute atomic E-state index is 13.9. The topological polar surface area (TPSA) is 37.3 Å². The summed E-state index contributed by atoms with van der Waals surface area (Å²) in [5, 5.41) is 4.82. The lowest BCUT2D eigenvalue weighted by molar-refractivity contribution is -0.129. The molecule has 3 atom stereocenters. The molecule has 4 nitrogen and oxygen atoms in total. The number of hydrogen-bond acceptors (Lipinski definition) is 3. The molecule has 176 valence electrons. The van der Waals surface area contributed by atoms with Crippen molar-refractivity contribution in [2.75, 3.05) is 5.32 Å². The Labute approximate surface area is 206 Å². The summed E-state index contributed by atoms with van der Waals surface area (Å²) in [6, 6.07) is 18.9. The Bertz CT molecular complexity index is 1230. The molecule has 1 aromatic heterocycles. The molecule has 5 heteroatoms. The van der Waals surface area contributed by atoms with Crippen LogP contribution in [0.15, 0.2) is 72.2 Å². The van der Waals surface area contributed by atoms with Gasteiger partial charge in [-0.05, 0) is 50.0 Å². The average Bonchev–Trinajstić information content (AvgIpc) is 3.29. The van der Waals surface area contributed by atoms with Gasteiger partial charge in [0.15, 0.2) is 5.50 Å². The number of hydrogen-bond donors (Lipinski definition) is 1. The Morgan fingerprint density at radius 3 is 2.59 bits per heavy atom. The quantitative estimate of drug-likeness (QED) is 0.310. The maximum Gasteiger partial charge on any atom is 0.262 e. The third kappa shape index (κ3) is 4.18. The number of benzene rings is 2. The third-order valence-electron chi connectivity index (χ3n) is 7.29. The monoisotopic (exact) mass is 471 g/mol. The fraction of sp³-hybridized carbons (Fsp3) is 0.345. The maximum atomic E-state index is 13.9. The predicted octanol–water partition coefficient (Wildman–Crippen LogP) is 7.03. The summed E-state index contributed by atoms with van der Waals surface area (Å²) in [5.74, 6) is 0.658. The molecule has 1 saturated heterocycles. The van der Waals surface area contributed by atoms with E-state index in [1.165, 1.54) is 35.9 Å². The van der Waals surface area contributed by atoms with Crippen molar-refractivity contribution in [2.45, 2.75) is 57.6 Å². The second kappa shape index (κ2) is 9.75. The summed E-state index contributed by atoms with van der Waals surface area (Å²) < 4.78 is 2.28. The van der Waals surface area contributed by atoms with Crippen LogP contribution in [0, 0.1) is 12.8 Å². The molecule has 1 saturated carbocycles. The molecule has 3 aromatic rings. The summed E-state index contributed by atoms with van der Waals surface area (Å²) >= 11 is 1.65. The number of para-hydroxylation sites is 2. The molecule has 1 amide bonds. The largest absolute Gasteiger partial charge is 0.356 e. The zero-order chi connectivity index (χ0) is 23.7. The Kier molecular flexibility index (Phi) is 6.55. The van der Waals surface area contributed by atoms with Gasteiger partial charge in [0.25, 0.3) is 5.91 Å². The fourth-order valence-corrected chi connectivity index (χ4v) is 6.70. The lowest BCUT2D eigenvalue weighted by Gasteiger charge is -2.39. The Morgan fingerprint density at radius 1 is 1.09 bits per heavy atom.